The predicted octanol–water partition coefficient (Wildman–Crippen LogP) is -0.383. The van der Waals surface area contributed by atoms with E-state index < -0.39 is 5.97 Å². The molecule has 0 saturated carbocycles. The number of carbonyl (C=O) groups is 1. The fourth-order valence-electron chi connectivity index (χ4n) is 0.821. The summed E-state index contributed by atoms with van der Waals surface area (Å²) in [5, 5.41) is 19.6. The third-order valence-corrected chi connectivity index (χ3v) is 1.34. The minimum atomic E-state index is -0.793. The van der Waals surface area contributed by atoms with Gasteiger partial charge in [0.1, 0.15) is 0 Å². The second-order valence-corrected chi connectivity index (χ2v) is 2.44. The van der Waals surface area contributed by atoms with Gasteiger partial charge in [-0.2, -0.15) is 4.80 Å². The first-order valence-electron chi connectivity index (χ1n) is 3.63. The van der Waals surface area contributed by atoms with Gasteiger partial charge in [-0.1, -0.05) is 0 Å². The van der Waals surface area contributed by atoms with Crippen molar-refractivity contribution in [1.29, 1.82) is 0 Å². The SMILES string of the molecule is Cn1nnc(CCCC(=O)O)n1. The van der Waals surface area contributed by atoms with Crippen LogP contribution < -0.4 is 0 Å². The van der Waals surface area contributed by atoms with Crippen LogP contribution in [0.2, 0.25) is 0 Å². The average molecular weight is 170 g/mol. The summed E-state index contributed by atoms with van der Waals surface area (Å²) in [5.74, 6) is -0.197. The van der Waals surface area contributed by atoms with Crippen molar-refractivity contribution in [2.45, 2.75) is 19.3 Å². The highest BCUT2D eigenvalue weighted by Crippen LogP contribution is 1.96. The number of rotatable bonds is 4. The van der Waals surface area contributed by atoms with Crippen LogP contribution in [0.3, 0.4) is 0 Å². The van der Waals surface area contributed by atoms with E-state index in [-0.39, 0.29) is 6.42 Å². The molecule has 12 heavy (non-hydrogen) atoms. The topological polar surface area (TPSA) is 80.9 Å². The Balaban J connectivity index is 2.29. The summed E-state index contributed by atoms with van der Waals surface area (Å²) in [7, 11) is 1.67. The smallest absolute Gasteiger partial charge is 0.303 e. The number of carboxylic acid groups (broad SMARTS) is 1. The van der Waals surface area contributed by atoms with Crippen LogP contribution in [-0.4, -0.2) is 31.3 Å². The van der Waals surface area contributed by atoms with Gasteiger partial charge >= 0.3 is 5.97 Å². The molecule has 6 nitrogen and oxygen atoms in total. The molecule has 1 heterocycles. The van der Waals surface area contributed by atoms with E-state index in [0.717, 1.165) is 0 Å². The molecule has 1 aromatic heterocycles. The molecule has 66 valence electrons. The number of carboxylic acids is 1. The van der Waals surface area contributed by atoms with Gasteiger partial charge in [0.15, 0.2) is 5.82 Å². The lowest BCUT2D eigenvalue weighted by Gasteiger charge is -1.90. The fourth-order valence-corrected chi connectivity index (χ4v) is 0.821. The first kappa shape index (κ1) is 8.63. The minimum absolute atomic E-state index is 0.151. The molecule has 1 aromatic rings. The summed E-state index contributed by atoms with van der Waals surface area (Å²) in [4.78, 5) is 11.5. The average Bonchev–Trinajstić information content (AvgIpc) is 2.35. The van der Waals surface area contributed by atoms with Crippen molar-refractivity contribution in [1.82, 2.24) is 20.2 Å². The lowest BCUT2D eigenvalue weighted by molar-refractivity contribution is -0.137. The molecule has 0 aliphatic carbocycles. The number of nitrogens with zero attached hydrogens (tertiary/aromatic N) is 4. The number of tetrazole rings is 1. The van der Waals surface area contributed by atoms with Gasteiger partial charge in [-0.15, -0.1) is 10.2 Å². The van der Waals surface area contributed by atoms with Gasteiger partial charge in [0.05, 0.1) is 7.05 Å². The molecule has 0 fully saturated rings. The molecule has 0 atom stereocenters. The first-order chi connectivity index (χ1) is 5.68. The van der Waals surface area contributed by atoms with Crippen molar-refractivity contribution in [2.75, 3.05) is 0 Å². The van der Waals surface area contributed by atoms with Crippen LogP contribution in [0.15, 0.2) is 0 Å². The largest absolute Gasteiger partial charge is 0.481 e. The number of aliphatic carboxylic acids is 1. The molecule has 0 unspecified atom stereocenters. The van der Waals surface area contributed by atoms with Gasteiger partial charge < -0.3 is 5.11 Å². The molecule has 1 N–H and O–H groups in total. The Labute approximate surface area is 69.2 Å². The molecule has 0 amide bonds. The molecular weight excluding hydrogens is 160 g/mol. The van der Waals surface area contributed by atoms with Gasteiger partial charge in [0, 0.05) is 12.8 Å². The van der Waals surface area contributed by atoms with Crippen molar-refractivity contribution in [3.63, 3.8) is 0 Å². The Morgan fingerprint density at radius 3 is 2.92 bits per heavy atom. The normalized spacial score (nSPS) is 10.1. The van der Waals surface area contributed by atoms with Crippen LogP contribution in [0.5, 0.6) is 0 Å². The van der Waals surface area contributed by atoms with Gasteiger partial charge in [0.2, 0.25) is 0 Å². The van der Waals surface area contributed by atoms with E-state index in [1.54, 1.807) is 7.05 Å². The fraction of sp³-hybridized carbons (Fsp3) is 0.667. The highest BCUT2D eigenvalue weighted by Gasteiger charge is 2.01. The van der Waals surface area contributed by atoms with Crippen LogP contribution >= 0.6 is 0 Å². The number of aryl methyl sites for hydroxylation is 2. The standard InChI is InChI=1S/C6H10N4O2/c1-10-8-5(7-9-10)3-2-4-6(11)12/h2-4H2,1H3,(H,11,12). The van der Waals surface area contributed by atoms with Gasteiger partial charge in [-0.05, 0) is 11.6 Å². The van der Waals surface area contributed by atoms with Crippen molar-refractivity contribution in [3.8, 4) is 0 Å². The summed E-state index contributed by atoms with van der Waals surface area (Å²) in [6.07, 6.45) is 1.28. The predicted molar refractivity (Wildman–Crippen MR) is 39.4 cm³/mol. The van der Waals surface area contributed by atoms with Crippen molar-refractivity contribution >= 4 is 5.97 Å². The Kier molecular flexibility index (Phi) is 2.73. The molecule has 0 saturated heterocycles. The molecule has 0 bridgehead atoms. The molecule has 0 spiro atoms. The van der Waals surface area contributed by atoms with Crippen LogP contribution in [0.1, 0.15) is 18.7 Å². The van der Waals surface area contributed by atoms with Gasteiger partial charge in [-0.3, -0.25) is 4.79 Å². The van der Waals surface area contributed by atoms with E-state index in [0.29, 0.717) is 18.7 Å². The van der Waals surface area contributed by atoms with E-state index in [4.69, 9.17) is 5.11 Å². The number of aromatic nitrogens is 4. The summed E-state index contributed by atoms with van der Waals surface area (Å²) in [6.45, 7) is 0. The van der Waals surface area contributed by atoms with Gasteiger partial charge in [-0.25, -0.2) is 0 Å². The lowest BCUT2D eigenvalue weighted by Crippen LogP contribution is -1.97. The van der Waals surface area contributed by atoms with E-state index in [9.17, 15) is 4.79 Å². The monoisotopic (exact) mass is 170 g/mol. The van der Waals surface area contributed by atoms with Crippen LogP contribution in [0, 0.1) is 0 Å². The summed E-state index contributed by atoms with van der Waals surface area (Å²) in [6, 6.07) is 0. The highest BCUT2D eigenvalue weighted by atomic mass is 16.4. The Morgan fingerprint density at radius 1 is 1.67 bits per heavy atom. The van der Waals surface area contributed by atoms with Crippen molar-refractivity contribution in [3.05, 3.63) is 5.82 Å². The molecule has 6 heteroatoms. The zero-order valence-corrected chi connectivity index (χ0v) is 6.77. The number of hydrogen-bond donors (Lipinski definition) is 1. The molecular formula is C6H10N4O2. The summed E-state index contributed by atoms with van der Waals surface area (Å²) < 4.78 is 0. The van der Waals surface area contributed by atoms with Crippen LogP contribution in [0.25, 0.3) is 0 Å². The highest BCUT2D eigenvalue weighted by molar-refractivity contribution is 5.66. The molecule has 0 aliphatic heterocycles. The van der Waals surface area contributed by atoms with E-state index in [2.05, 4.69) is 15.4 Å². The first-order valence-corrected chi connectivity index (χ1v) is 3.63. The third kappa shape index (κ3) is 2.65. The molecule has 1 rings (SSSR count). The maximum Gasteiger partial charge on any atom is 0.303 e. The molecule has 0 radical (unpaired) electrons. The lowest BCUT2D eigenvalue weighted by atomic mass is 10.2. The van der Waals surface area contributed by atoms with E-state index >= 15 is 0 Å². The van der Waals surface area contributed by atoms with E-state index in [1.807, 2.05) is 0 Å². The summed E-state index contributed by atoms with van der Waals surface area (Å²) >= 11 is 0. The Hall–Kier alpha value is -1.46. The number of hydrogen-bond acceptors (Lipinski definition) is 4. The molecule has 0 aliphatic rings. The van der Waals surface area contributed by atoms with E-state index in [1.165, 1.54) is 4.80 Å². The quantitative estimate of drug-likeness (QED) is 0.666. The molecule has 0 aromatic carbocycles. The van der Waals surface area contributed by atoms with Crippen molar-refractivity contribution in [2.24, 2.45) is 7.05 Å². The Morgan fingerprint density at radius 2 is 2.42 bits per heavy atom. The zero-order valence-electron chi connectivity index (χ0n) is 6.77. The van der Waals surface area contributed by atoms with Crippen LogP contribution in [0.4, 0.5) is 0 Å². The maximum atomic E-state index is 10.1. The maximum absolute atomic E-state index is 10.1. The van der Waals surface area contributed by atoms with Gasteiger partial charge in [0.25, 0.3) is 0 Å². The Bertz CT molecular complexity index is 270. The minimum Gasteiger partial charge on any atom is -0.481 e. The van der Waals surface area contributed by atoms with Crippen molar-refractivity contribution < 1.29 is 9.90 Å². The second-order valence-electron chi connectivity index (χ2n) is 2.44. The summed E-state index contributed by atoms with van der Waals surface area (Å²) in [5.41, 5.74) is 0. The zero-order chi connectivity index (χ0) is 8.97. The second kappa shape index (κ2) is 3.80. The van der Waals surface area contributed by atoms with Crippen LogP contribution in [-0.2, 0) is 18.3 Å². The third-order valence-electron chi connectivity index (χ3n) is 1.34.